The van der Waals surface area contributed by atoms with Crippen LogP contribution in [0.2, 0.25) is 0 Å². The van der Waals surface area contributed by atoms with E-state index in [0.29, 0.717) is 38.2 Å². The molecule has 0 radical (unpaired) electrons. The Bertz CT molecular complexity index is 667. The first-order chi connectivity index (χ1) is 12.6. The highest BCUT2D eigenvalue weighted by Gasteiger charge is 2.57. The molecule has 1 aromatic carbocycles. The lowest BCUT2D eigenvalue weighted by atomic mass is 9.92. The number of aliphatic hydroxyl groups is 1. The molecule has 6 heteroatoms. The molecule has 26 heavy (non-hydrogen) atoms. The maximum absolute atomic E-state index is 14.5. The largest absolute Gasteiger partial charge is 0.393 e. The summed E-state index contributed by atoms with van der Waals surface area (Å²) in [5.41, 5.74) is 1.60. The van der Waals surface area contributed by atoms with Crippen LogP contribution in [0, 0.1) is 17.2 Å². The monoisotopic (exact) mass is 361 g/mol. The highest BCUT2D eigenvalue weighted by atomic mass is 19.1. The number of amides is 1. The topological polar surface area (TPSA) is 64.6 Å². The van der Waals surface area contributed by atoms with E-state index in [2.05, 4.69) is 10.6 Å². The fourth-order valence-corrected chi connectivity index (χ4v) is 4.53. The SMILES string of the molecule is O=C(NCc1ccc(N2CCC(O)CC2)c(F)c1)[C@@H]1CC12CCNCC2. The quantitative estimate of drug-likeness (QED) is 0.765. The normalized spacial score (nSPS) is 25.3. The van der Waals surface area contributed by atoms with Crippen molar-refractivity contribution in [3.8, 4) is 0 Å². The van der Waals surface area contributed by atoms with E-state index in [1.54, 1.807) is 6.07 Å². The summed E-state index contributed by atoms with van der Waals surface area (Å²) in [5, 5.41) is 15.9. The van der Waals surface area contributed by atoms with Crippen molar-refractivity contribution < 1.29 is 14.3 Å². The average Bonchev–Trinajstić information content (AvgIpc) is 3.34. The molecule has 3 aliphatic rings. The highest BCUT2D eigenvalue weighted by molar-refractivity contribution is 5.82. The van der Waals surface area contributed by atoms with Crippen LogP contribution in [0.25, 0.3) is 0 Å². The summed E-state index contributed by atoms with van der Waals surface area (Å²) in [4.78, 5) is 14.4. The lowest BCUT2D eigenvalue weighted by Gasteiger charge is -2.31. The zero-order valence-corrected chi connectivity index (χ0v) is 15.1. The van der Waals surface area contributed by atoms with Gasteiger partial charge in [0.25, 0.3) is 0 Å². The maximum atomic E-state index is 14.5. The van der Waals surface area contributed by atoms with Crippen LogP contribution in [0.4, 0.5) is 10.1 Å². The van der Waals surface area contributed by atoms with Gasteiger partial charge in [0.15, 0.2) is 0 Å². The van der Waals surface area contributed by atoms with E-state index < -0.39 is 0 Å². The molecule has 2 aliphatic heterocycles. The number of benzene rings is 1. The van der Waals surface area contributed by atoms with E-state index in [9.17, 15) is 14.3 Å². The third kappa shape index (κ3) is 3.58. The molecule has 1 spiro atoms. The molecule has 2 heterocycles. The van der Waals surface area contributed by atoms with Crippen molar-refractivity contribution >= 4 is 11.6 Å². The molecule has 5 nitrogen and oxygen atoms in total. The van der Waals surface area contributed by atoms with Crippen LogP contribution in [-0.4, -0.2) is 43.3 Å². The summed E-state index contributed by atoms with van der Waals surface area (Å²) >= 11 is 0. The predicted molar refractivity (Wildman–Crippen MR) is 98.3 cm³/mol. The lowest BCUT2D eigenvalue weighted by Crippen LogP contribution is -2.36. The molecule has 1 amide bonds. The van der Waals surface area contributed by atoms with Crippen molar-refractivity contribution in [2.75, 3.05) is 31.1 Å². The summed E-state index contributed by atoms with van der Waals surface area (Å²) in [6.07, 6.45) is 4.24. The lowest BCUT2D eigenvalue weighted by molar-refractivity contribution is -0.123. The van der Waals surface area contributed by atoms with Gasteiger partial charge in [-0.1, -0.05) is 6.07 Å². The highest BCUT2D eigenvalue weighted by Crippen LogP contribution is 2.58. The van der Waals surface area contributed by atoms with Crippen LogP contribution in [0.3, 0.4) is 0 Å². The Morgan fingerprint density at radius 1 is 1.31 bits per heavy atom. The molecular formula is C20H28FN3O2. The molecular weight excluding hydrogens is 333 g/mol. The van der Waals surface area contributed by atoms with Gasteiger partial charge >= 0.3 is 0 Å². The molecule has 1 saturated carbocycles. The fraction of sp³-hybridized carbons (Fsp3) is 0.650. The molecule has 3 N–H and O–H groups in total. The van der Waals surface area contributed by atoms with Crippen molar-refractivity contribution in [1.82, 2.24) is 10.6 Å². The van der Waals surface area contributed by atoms with Gasteiger partial charge in [-0.05, 0) is 68.3 Å². The summed E-state index contributed by atoms with van der Waals surface area (Å²) in [5.74, 6) is -0.00992. The summed E-state index contributed by atoms with van der Waals surface area (Å²) < 4.78 is 14.5. The number of halogens is 1. The zero-order chi connectivity index (χ0) is 18.1. The zero-order valence-electron chi connectivity index (χ0n) is 15.1. The Kier molecular flexibility index (Phi) is 4.88. The molecule has 1 aromatic rings. The standard InChI is InChI=1S/C20H28FN3O2/c21-17-11-14(1-2-18(17)24-9-3-15(25)4-10-24)13-23-19(26)16-12-20(16)5-7-22-8-6-20/h1-2,11,15-16,22,25H,3-10,12-13H2,(H,23,26)/t16-/m0/s1. The van der Waals surface area contributed by atoms with E-state index in [4.69, 9.17) is 0 Å². The number of rotatable bonds is 4. The summed E-state index contributed by atoms with van der Waals surface area (Å²) in [6, 6.07) is 5.20. The maximum Gasteiger partial charge on any atom is 0.223 e. The van der Waals surface area contributed by atoms with E-state index in [-0.39, 0.29) is 29.2 Å². The van der Waals surface area contributed by atoms with Crippen molar-refractivity contribution in [1.29, 1.82) is 0 Å². The van der Waals surface area contributed by atoms with Gasteiger partial charge in [-0.15, -0.1) is 0 Å². The first kappa shape index (κ1) is 17.7. The van der Waals surface area contributed by atoms with Crippen molar-refractivity contribution in [3.63, 3.8) is 0 Å². The van der Waals surface area contributed by atoms with E-state index in [1.165, 1.54) is 6.07 Å². The minimum absolute atomic E-state index is 0.112. The van der Waals surface area contributed by atoms with Gasteiger partial charge in [-0.25, -0.2) is 4.39 Å². The second-order valence-corrected chi connectivity index (χ2v) is 8.09. The minimum Gasteiger partial charge on any atom is -0.393 e. The molecule has 0 unspecified atom stereocenters. The number of hydrogen-bond donors (Lipinski definition) is 3. The molecule has 1 atom stereocenters. The molecule has 0 aromatic heterocycles. The Hall–Kier alpha value is -1.66. The van der Waals surface area contributed by atoms with Gasteiger partial charge in [0.1, 0.15) is 5.82 Å². The summed E-state index contributed by atoms with van der Waals surface area (Å²) in [6.45, 7) is 3.73. The Balaban J connectivity index is 1.31. The first-order valence-electron chi connectivity index (χ1n) is 9.77. The number of piperidine rings is 2. The number of carbonyl (C=O) groups excluding carboxylic acids is 1. The van der Waals surface area contributed by atoms with Crippen LogP contribution in [0.1, 0.15) is 37.7 Å². The Labute approximate surface area is 154 Å². The third-order valence-corrected chi connectivity index (χ3v) is 6.39. The third-order valence-electron chi connectivity index (χ3n) is 6.39. The average molecular weight is 361 g/mol. The fourth-order valence-electron chi connectivity index (χ4n) is 4.53. The van der Waals surface area contributed by atoms with Gasteiger partial charge in [0.2, 0.25) is 5.91 Å². The second-order valence-electron chi connectivity index (χ2n) is 8.09. The molecule has 0 bridgehead atoms. The predicted octanol–water partition coefficient (Wildman–Crippen LogP) is 1.79. The number of nitrogens with one attached hydrogen (secondary N) is 2. The summed E-state index contributed by atoms with van der Waals surface area (Å²) in [7, 11) is 0. The van der Waals surface area contributed by atoms with Crippen LogP contribution in [-0.2, 0) is 11.3 Å². The second kappa shape index (κ2) is 7.16. The van der Waals surface area contributed by atoms with Gasteiger partial charge in [-0.3, -0.25) is 4.79 Å². The first-order valence-corrected chi connectivity index (χ1v) is 9.77. The van der Waals surface area contributed by atoms with Crippen LogP contribution < -0.4 is 15.5 Å². The van der Waals surface area contributed by atoms with Gasteiger partial charge in [0.05, 0.1) is 11.8 Å². The van der Waals surface area contributed by atoms with E-state index in [0.717, 1.165) is 37.9 Å². The number of aliphatic hydroxyl groups excluding tert-OH is 1. The number of hydrogen-bond acceptors (Lipinski definition) is 4. The van der Waals surface area contributed by atoms with Crippen molar-refractivity contribution in [2.24, 2.45) is 11.3 Å². The molecule has 3 fully saturated rings. The Morgan fingerprint density at radius 3 is 2.73 bits per heavy atom. The van der Waals surface area contributed by atoms with Crippen molar-refractivity contribution in [2.45, 2.75) is 44.8 Å². The van der Waals surface area contributed by atoms with Gasteiger partial charge in [0, 0.05) is 25.6 Å². The molecule has 1 aliphatic carbocycles. The molecule has 4 rings (SSSR count). The van der Waals surface area contributed by atoms with Gasteiger partial charge in [-0.2, -0.15) is 0 Å². The van der Waals surface area contributed by atoms with Crippen LogP contribution in [0.15, 0.2) is 18.2 Å². The number of anilines is 1. The molecule has 2 saturated heterocycles. The van der Waals surface area contributed by atoms with E-state index in [1.807, 2.05) is 11.0 Å². The van der Waals surface area contributed by atoms with Gasteiger partial charge < -0.3 is 20.6 Å². The van der Waals surface area contributed by atoms with Crippen molar-refractivity contribution in [3.05, 3.63) is 29.6 Å². The van der Waals surface area contributed by atoms with Crippen LogP contribution in [0.5, 0.6) is 0 Å². The number of carbonyl (C=O) groups is 1. The number of nitrogens with zero attached hydrogens (tertiary/aromatic N) is 1. The Morgan fingerprint density at radius 2 is 2.04 bits per heavy atom. The van der Waals surface area contributed by atoms with Crippen LogP contribution >= 0.6 is 0 Å². The van der Waals surface area contributed by atoms with E-state index >= 15 is 0 Å². The minimum atomic E-state index is -0.269. The smallest absolute Gasteiger partial charge is 0.223 e. The molecule has 142 valence electrons.